The Bertz CT molecular complexity index is 474. The van der Waals surface area contributed by atoms with E-state index in [2.05, 4.69) is 21.2 Å². The SMILES string of the molecule is COc1ccc(Br)cc1CNCCS(C)(=O)=O. The summed E-state index contributed by atoms with van der Waals surface area (Å²) in [7, 11) is -1.29. The van der Waals surface area contributed by atoms with E-state index >= 15 is 0 Å². The lowest BCUT2D eigenvalue weighted by Gasteiger charge is -2.09. The smallest absolute Gasteiger partial charge is 0.148 e. The molecule has 0 atom stereocenters. The number of sulfone groups is 1. The zero-order chi connectivity index (χ0) is 12.9. The van der Waals surface area contributed by atoms with E-state index in [1.165, 1.54) is 6.26 Å². The Labute approximate surface area is 110 Å². The third kappa shape index (κ3) is 5.52. The molecular formula is C11H16BrNO3S. The van der Waals surface area contributed by atoms with E-state index in [4.69, 9.17) is 4.74 Å². The van der Waals surface area contributed by atoms with Crippen molar-refractivity contribution < 1.29 is 13.2 Å². The van der Waals surface area contributed by atoms with Gasteiger partial charge in [0.2, 0.25) is 0 Å². The van der Waals surface area contributed by atoms with Gasteiger partial charge in [-0.25, -0.2) is 8.42 Å². The van der Waals surface area contributed by atoms with E-state index in [0.717, 1.165) is 15.8 Å². The van der Waals surface area contributed by atoms with Crippen LogP contribution in [0.5, 0.6) is 5.75 Å². The largest absolute Gasteiger partial charge is 0.496 e. The topological polar surface area (TPSA) is 55.4 Å². The van der Waals surface area contributed by atoms with E-state index in [0.29, 0.717) is 13.1 Å². The first-order valence-corrected chi connectivity index (χ1v) is 7.98. The molecule has 0 aliphatic heterocycles. The van der Waals surface area contributed by atoms with Gasteiger partial charge in [0, 0.05) is 29.4 Å². The van der Waals surface area contributed by atoms with Crippen LogP contribution in [-0.2, 0) is 16.4 Å². The normalized spacial score (nSPS) is 11.5. The van der Waals surface area contributed by atoms with Gasteiger partial charge in [0.1, 0.15) is 15.6 Å². The molecule has 0 saturated carbocycles. The number of benzene rings is 1. The molecule has 1 aromatic carbocycles. The molecule has 6 heteroatoms. The second-order valence-electron chi connectivity index (χ2n) is 3.76. The Morgan fingerprint density at radius 1 is 1.41 bits per heavy atom. The van der Waals surface area contributed by atoms with Crippen LogP contribution in [0.15, 0.2) is 22.7 Å². The summed E-state index contributed by atoms with van der Waals surface area (Å²) < 4.78 is 28.1. The Balaban J connectivity index is 2.54. The first kappa shape index (κ1) is 14.5. The Morgan fingerprint density at radius 3 is 2.71 bits per heavy atom. The predicted molar refractivity (Wildman–Crippen MR) is 72.1 cm³/mol. The summed E-state index contributed by atoms with van der Waals surface area (Å²) in [6.45, 7) is 1.02. The zero-order valence-corrected chi connectivity index (χ0v) is 12.3. The van der Waals surface area contributed by atoms with Gasteiger partial charge in [-0.15, -0.1) is 0 Å². The quantitative estimate of drug-likeness (QED) is 0.808. The van der Waals surface area contributed by atoms with Crippen LogP contribution >= 0.6 is 15.9 Å². The predicted octanol–water partition coefficient (Wildman–Crippen LogP) is 1.59. The standard InChI is InChI=1S/C11H16BrNO3S/c1-16-11-4-3-10(12)7-9(11)8-13-5-6-17(2,14)15/h3-4,7,13H,5-6,8H2,1-2H3. The van der Waals surface area contributed by atoms with Gasteiger partial charge in [0.15, 0.2) is 0 Å². The lowest BCUT2D eigenvalue weighted by atomic mass is 10.2. The molecule has 0 fully saturated rings. The minimum Gasteiger partial charge on any atom is -0.496 e. The molecule has 0 unspecified atom stereocenters. The van der Waals surface area contributed by atoms with E-state index < -0.39 is 9.84 Å². The van der Waals surface area contributed by atoms with Crippen LogP contribution in [0.1, 0.15) is 5.56 Å². The molecule has 0 aliphatic rings. The molecule has 17 heavy (non-hydrogen) atoms. The molecule has 1 aromatic rings. The van der Waals surface area contributed by atoms with Crippen molar-refractivity contribution in [3.8, 4) is 5.75 Å². The maximum absolute atomic E-state index is 10.9. The average molecular weight is 322 g/mol. The fraction of sp³-hybridized carbons (Fsp3) is 0.455. The Kier molecular flexibility index (Phi) is 5.42. The van der Waals surface area contributed by atoms with E-state index in [-0.39, 0.29) is 5.75 Å². The highest BCUT2D eigenvalue weighted by Crippen LogP contribution is 2.22. The summed E-state index contributed by atoms with van der Waals surface area (Å²) >= 11 is 3.39. The van der Waals surface area contributed by atoms with Gasteiger partial charge in [-0.1, -0.05) is 15.9 Å². The van der Waals surface area contributed by atoms with Crippen LogP contribution in [0.3, 0.4) is 0 Å². The number of halogens is 1. The molecule has 0 aliphatic carbocycles. The van der Waals surface area contributed by atoms with Crippen molar-refractivity contribution >= 4 is 25.8 Å². The monoisotopic (exact) mass is 321 g/mol. The van der Waals surface area contributed by atoms with Gasteiger partial charge in [0.05, 0.1) is 12.9 Å². The second kappa shape index (κ2) is 6.37. The number of nitrogens with one attached hydrogen (secondary N) is 1. The number of hydrogen-bond acceptors (Lipinski definition) is 4. The highest BCUT2D eigenvalue weighted by atomic mass is 79.9. The molecule has 0 amide bonds. The molecular weight excluding hydrogens is 306 g/mol. The van der Waals surface area contributed by atoms with E-state index in [1.807, 2.05) is 18.2 Å². The van der Waals surface area contributed by atoms with Crippen LogP contribution in [-0.4, -0.2) is 34.1 Å². The van der Waals surface area contributed by atoms with Crippen LogP contribution < -0.4 is 10.1 Å². The summed E-state index contributed by atoms with van der Waals surface area (Å²) in [5, 5.41) is 3.08. The maximum atomic E-state index is 10.9. The van der Waals surface area contributed by atoms with E-state index in [1.54, 1.807) is 7.11 Å². The summed E-state index contributed by atoms with van der Waals surface area (Å²) in [5.41, 5.74) is 0.996. The number of hydrogen-bond donors (Lipinski definition) is 1. The number of rotatable bonds is 6. The maximum Gasteiger partial charge on any atom is 0.148 e. The van der Waals surface area contributed by atoms with Crippen molar-refractivity contribution in [3.63, 3.8) is 0 Å². The molecule has 0 aromatic heterocycles. The first-order valence-electron chi connectivity index (χ1n) is 5.13. The minimum absolute atomic E-state index is 0.142. The van der Waals surface area contributed by atoms with Gasteiger partial charge in [0.25, 0.3) is 0 Å². The van der Waals surface area contributed by atoms with Crippen LogP contribution in [0.25, 0.3) is 0 Å². The molecule has 0 spiro atoms. The fourth-order valence-electron chi connectivity index (χ4n) is 1.37. The molecule has 0 heterocycles. The van der Waals surface area contributed by atoms with Crippen LogP contribution in [0.2, 0.25) is 0 Å². The van der Waals surface area contributed by atoms with Crippen molar-refractivity contribution in [3.05, 3.63) is 28.2 Å². The van der Waals surface area contributed by atoms with Crippen molar-refractivity contribution in [1.29, 1.82) is 0 Å². The Hall–Kier alpha value is -0.590. The van der Waals surface area contributed by atoms with Gasteiger partial charge < -0.3 is 10.1 Å². The zero-order valence-electron chi connectivity index (χ0n) is 9.86. The van der Waals surface area contributed by atoms with Gasteiger partial charge in [-0.05, 0) is 18.2 Å². The third-order valence-electron chi connectivity index (χ3n) is 2.21. The van der Waals surface area contributed by atoms with Crippen LogP contribution in [0, 0.1) is 0 Å². The highest BCUT2D eigenvalue weighted by Gasteiger charge is 2.05. The molecule has 1 N–H and O–H groups in total. The second-order valence-corrected chi connectivity index (χ2v) is 6.94. The minimum atomic E-state index is -2.91. The third-order valence-corrected chi connectivity index (χ3v) is 3.65. The van der Waals surface area contributed by atoms with Gasteiger partial charge in [-0.2, -0.15) is 0 Å². The summed E-state index contributed by atoms with van der Waals surface area (Å²) in [5.74, 6) is 0.934. The summed E-state index contributed by atoms with van der Waals surface area (Å²) in [6, 6.07) is 5.72. The molecule has 1 rings (SSSR count). The number of methoxy groups -OCH3 is 1. The number of ether oxygens (including phenoxy) is 1. The average Bonchev–Trinajstić information content (AvgIpc) is 2.23. The molecule has 0 bridgehead atoms. The Morgan fingerprint density at radius 2 is 2.12 bits per heavy atom. The van der Waals surface area contributed by atoms with Gasteiger partial charge in [-0.3, -0.25) is 0 Å². The highest BCUT2D eigenvalue weighted by molar-refractivity contribution is 9.10. The van der Waals surface area contributed by atoms with Crippen molar-refractivity contribution in [2.75, 3.05) is 25.7 Å². The van der Waals surface area contributed by atoms with E-state index in [9.17, 15) is 8.42 Å². The van der Waals surface area contributed by atoms with Crippen molar-refractivity contribution in [2.24, 2.45) is 0 Å². The fourth-order valence-corrected chi connectivity index (χ4v) is 2.29. The lowest BCUT2D eigenvalue weighted by Crippen LogP contribution is -2.22. The molecule has 0 saturated heterocycles. The molecule has 0 radical (unpaired) electrons. The lowest BCUT2D eigenvalue weighted by molar-refractivity contribution is 0.408. The first-order chi connectivity index (χ1) is 7.92. The van der Waals surface area contributed by atoms with Gasteiger partial charge >= 0.3 is 0 Å². The van der Waals surface area contributed by atoms with Crippen molar-refractivity contribution in [1.82, 2.24) is 5.32 Å². The van der Waals surface area contributed by atoms with Crippen molar-refractivity contribution in [2.45, 2.75) is 6.54 Å². The van der Waals surface area contributed by atoms with Crippen LogP contribution in [0.4, 0.5) is 0 Å². The summed E-state index contributed by atoms with van der Waals surface area (Å²) in [6.07, 6.45) is 1.23. The molecule has 4 nitrogen and oxygen atoms in total. The summed E-state index contributed by atoms with van der Waals surface area (Å²) in [4.78, 5) is 0. The molecule has 96 valence electrons.